The van der Waals surface area contributed by atoms with Crippen LogP contribution in [0.4, 0.5) is 0 Å². The maximum absolute atomic E-state index is 5.99. The van der Waals surface area contributed by atoms with Crippen LogP contribution in [0, 0.1) is 0 Å². The van der Waals surface area contributed by atoms with Gasteiger partial charge in [-0.3, -0.25) is 0 Å². The Kier molecular flexibility index (Phi) is 9.06. The SMILES string of the molecule is COC(OCCc1ccccc1)(OCCc1ccccc1)OCCc1ccccc1. The van der Waals surface area contributed by atoms with Crippen molar-refractivity contribution in [3.05, 3.63) is 108 Å². The summed E-state index contributed by atoms with van der Waals surface area (Å²) >= 11 is 0. The zero-order chi connectivity index (χ0) is 20.9. The number of ether oxygens (including phenoxy) is 4. The van der Waals surface area contributed by atoms with Crippen molar-refractivity contribution in [1.29, 1.82) is 0 Å². The van der Waals surface area contributed by atoms with E-state index in [4.69, 9.17) is 18.9 Å². The van der Waals surface area contributed by atoms with Crippen LogP contribution in [0.1, 0.15) is 16.7 Å². The topological polar surface area (TPSA) is 36.9 Å². The fraction of sp³-hybridized carbons (Fsp3) is 0.308. The van der Waals surface area contributed by atoms with Crippen LogP contribution in [0.15, 0.2) is 91.0 Å². The quantitative estimate of drug-likeness (QED) is 0.374. The highest BCUT2D eigenvalue weighted by Crippen LogP contribution is 2.19. The molecule has 0 saturated heterocycles. The molecule has 0 aliphatic rings. The van der Waals surface area contributed by atoms with E-state index in [2.05, 4.69) is 36.4 Å². The van der Waals surface area contributed by atoms with E-state index in [1.807, 2.05) is 54.6 Å². The van der Waals surface area contributed by atoms with Crippen LogP contribution in [-0.4, -0.2) is 33.1 Å². The summed E-state index contributed by atoms with van der Waals surface area (Å²) in [4.78, 5) is 0. The van der Waals surface area contributed by atoms with Gasteiger partial charge in [0.15, 0.2) is 0 Å². The normalized spacial score (nSPS) is 11.5. The monoisotopic (exact) mass is 406 g/mol. The lowest BCUT2D eigenvalue weighted by molar-refractivity contribution is -0.492. The van der Waals surface area contributed by atoms with Crippen molar-refractivity contribution in [1.82, 2.24) is 0 Å². The summed E-state index contributed by atoms with van der Waals surface area (Å²) < 4.78 is 23.6. The Morgan fingerprint density at radius 3 is 1.07 bits per heavy atom. The van der Waals surface area contributed by atoms with Gasteiger partial charge in [-0.05, 0) is 36.0 Å². The van der Waals surface area contributed by atoms with Crippen molar-refractivity contribution in [2.75, 3.05) is 26.9 Å². The number of methoxy groups -OCH3 is 1. The molecule has 4 nitrogen and oxygen atoms in total. The molecule has 3 aromatic rings. The highest BCUT2D eigenvalue weighted by atomic mass is 17.0. The first-order valence-corrected chi connectivity index (χ1v) is 10.4. The maximum atomic E-state index is 5.99. The smallest absolute Gasteiger partial charge is 0.307 e. The number of hydrogen-bond donors (Lipinski definition) is 0. The maximum Gasteiger partial charge on any atom is 0.412 e. The minimum atomic E-state index is -1.52. The number of rotatable bonds is 13. The fourth-order valence-electron chi connectivity index (χ4n) is 3.12. The molecule has 0 aromatic heterocycles. The van der Waals surface area contributed by atoms with E-state index in [1.54, 1.807) is 7.11 Å². The molecule has 0 spiro atoms. The van der Waals surface area contributed by atoms with Gasteiger partial charge in [-0.2, -0.15) is 0 Å². The Hall–Kier alpha value is -2.50. The lowest BCUT2D eigenvalue weighted by Crippen LogP contribution is -2.43. The molecule has 0 heterocycles. The van der Waals surface area contributed by atoms with Gasteiger partial charge in [0.2, 0.25) is 0 Å². The third-order valence-electron chi connectivity index (χ3n) is 4.79. The number of hydrogen-bond acceptors (Lipinski definition) is 4. The molecule has 30 heavy (non-hydrogen) atoms. The first-order chi connectivity index (χ1) is 14.8. The molecule has 0 saturated carbocycles. The van der Waals surface area contributed by atoms with Gasteiger partial charge in [-0.15, -0.1) is 0 Å². The summed E-state index contributed by atoms with van der Waals surface area (Å²) in [6.45, 7) is 1.28. The van der Waals surface area contributed by atoms with Gasteiger partial charge in [0, 0.05) is 7.11 Å². The van der Waals surface area contributed by atoms with Crippen molar-refractivity contribution < 1.29 is 18.9 Å². The van der Waals surface area contributed by atoms with Crippen LogP contribution in [0.3, 0.4) is 0 Å². The average molecular weight is 407 g/mol. The molecule has 0 fully saturated rings. The average Bonchev–Trinajstić information content (AvgIpc) is 2.81. The Morgan fingerprint density at radius 2 is 0.800 bits per heavy atom. The summed E-state index contributed by atoms with van der Waals surface area (Å²) in [6, 6.07) is 30.6. The molecule has 4 heteroatoms. The first-order valence-electron chi connectivity index (χ1n) is 10.4. The summed E-state index contributed by atoms with van der Waals surface area (Å²) in [5, 5.41) is 0. The van der Waals surface area contributed by atoms with Crippen LogP contribution in [0.5, 0.6) is 0 Å². The molecule has 0 unspecified atom stereocenters. The van der Waals surface area contributed by atoms with Gasteiger partial charge in [-0.25, -0.2) is 0 Å². The predicted molar refractivity (Wildman–Crippen MR) is 118 cm³/mol. The highest BCUT2D eigenvalue weighted by Gasteiger charge is 2.34. The van der Waals surface area contributed by atoms with Gasteiger partial charge in [0.1, 0.15) is 0 Å². The van der Waals surface area contributed by atoms with Crippen molar-refractivity contribution >= 4 is 0 Å². The summed E-state index contributed by atoms with van der Waals surface area (Å²) in [5.74, 6) is 0. The molecule has 0 aliphatic heterocycles. The summed E-state index contributed by atoms with van der Waals surface area (Å²) in [6.07, 6.45) is 0.723. The molecule has 0 N–H and O–H groups in total. The van der Waals surface area contributed by atoms with E-state index < -0.39 is 6.16 Å². The molecule has 0 bridgehead atoms. The minimum absolute atomic E-state index is 0.425. The Bertz CT molecular complexity index is 710. The van der Waals surface area contributed by atoms with E-state index in [0.717, 1.165) is 19.3 Å². The van der Waals surface area contributed by atoms with Gasteiger partial charge in [0.25, 0.3) is 0 Å². The van der Waals surface area contributed by atoms with Crippen LogP contribution in [0.25, 0.3) is 0 Å². The Labute approximate surface area is 179 Å². The van der Waals surface area contributed by atoms with Gasteiger partial charge < -0.3 is 18.9 Å². The van der Waals surface area contributed by atoms with Gasteiger partial charge in [0.05, 0.1) is 19.8 Å². The Balaban J connectivity index is 1.56. The van der Waals surface area contributed by atoms with Gasteiger partial charge >= 0.3 is 6.16 Å². The zero-order valence-electron chi connectivity index (χ0n) is 17.5. The van der Waals surface area contributed by atoms with E-state index in [1.165, 1.54) is 16.7 Å². The lowest BCUT2D eigenvalue weighted by Gasteiger charge is -2.31. The molecular formula is C26H30O4. The van der Waals surface area contributed by atoms with Crippen molar-refractivity contribution in [3.8, 4) is 0 Å². The largest absolute Gasteiger partial charge is 0.412 e. The van der Waals surface area contributed by atoms with E-state index in [9.17, 15) is 0 Å². The van der Waals surface area contributed by atoms with Crippen LogP contribution in [0.2, 0.25) is 0 Å². The van der Waals surface area contributed by atoms with Gasteiger partial charge in [-0.1, -0.05) is 91.0 Å². The molecule has 3 rings (SSSR count). The zero-order valence-corrected chi connectivity index (χ0v) is 17.5. The van der Waals surface area contributed by atoms with Crippen molar-refractivity contribution in [2.45, 2.75) is 25.4 Å². The fourth-order valence-corrected chi connectivity index (χ4v) is 3.12. The number of benzene rings is 3. The molecule has 0 atom stereocenters. The second-order valence-electron chi connectivity index (χ2n) is 6.96. The highest BCUT2D eigenvalue weighted by molar-refractivity contribution is 5.16. The summed E-state index contributed by atoms with van der Waals surface area (Å²) in [7, 11) is 1.55. The summed E-state index contributed by atoms with van der Waals surface area (Å²) in [5.41, 5.74) is 3.57. The predicted octanol–water partition coefficient (Wildman–Crippen LogP) is 5.02. The van der Waals surface area contributed by atoms with E-state index >= 15 is 0 Å². The van der Waals surface area contributed by atoms with Crippen LogP contribution < -0.4 is 0 Å². The van der Waals surface area contributed by atoms with E-state index in [-0.39, 0.29) is 0 Å². The Morgan fingerprint density at radius 1 is 0.500 bits per heavy atom. The molecule has 158 valence electrons. The second-order valence-corrected chi connectivity index (χ2v) is 6.96. The standard InChI is InChI=1S/C26H30O4/c1-27-26(28-20-17-23-11-5-2-6-12-23,29-21-18-24-13-7-3-8-14-24)30-22-19-25-15-9-4-10-16-25/h2-16H,17-22H2,1H3. The molecule has 0 aliphatic carbocycles. The third-order valence-corrected chi connectivity index (χ3v) is 4.79. The molecule has 0 radical (unpaired) electrons. The lowest BCUT2D eigenvalue weighted by atomic mass is 10.2. The minimum Gasteiger partial charge on any atom is -0.307 e. The van der Waals surface area contributed by atoms with E-state index in [0.29, 0.717) is 19.8 Å². The van der Waals surface area contributed by atoms with Crippen molar-refractivity contribution in [2.24, 2.45) is 0 Å². The second kappa shape index (κ2) is 12.3. The third kappa shape index (κ3) is 7.39. The first kappa shape index (κ1) is 22.2. The van der Waals surface area contributed by atoms with Crippen molar-refractivity contribution in [3.63, 3.8) is 0 Å². The van der Waals surface area contributed by atoms with Crippen LogP contribution in [-0.2, 0) is 38.2 Å². The molecule has 0 amide bonds. The molecule has 3 aromatic carbocycles. The molecular weight excluding hydrogens is 376 g/mol. The van der Waals surface area contributed by atoms with Crippen LogP contribution >= 0.6 is 0 Å².